The molecule has 1 aromatic heterocycles. The first-order valence-corrected chi connectivity index (χ1v) is 6.84. The highest BCUT2D eigenvalue weighted by Gasteiger charge is 2.08. The topological polar surface area (TPSA) is 90.9 Å². The molecule has 22 heavy (non-hydrogen) atoms. The number of hydrogen-bond acceptors (Lipinski definition) is 4. The number of phenols is 1. The van der Waals surface area contributed by atoms with Gasteiger partial charge in [0.1, 0.15) is 17.4 Å². The van der Waals surface area contributed by atoms with Crippen molar-refractivity contribution >= 4 is 12.0 Å². The van der Waals surface area contributed by atoms with E-state index < -0.39 is 5.91 Å². The number of hydrogen-bond donors (Lipinski definition) is 2. The summed E-state index contributed by atoms with van der Waals surface area (Å²) in [5, 5.41) is 21.2. The third kappa shape index (κ3) is 4.49. The van der Waals surface area contributed by atoms with E-state index in [1.807, 2.05) is 16.8 Å². The van der Waals surface area contributed by atoms with E-state index in [1.54, 1.807) is 24.7 Å². The Balaban J connectivity index is 1.88. The summed E-state index contributed by atoms with van der Waals surface area (Å²) in [4.78, 5) is 15.9. The Morgan fingerprint density at radius 2 is 2.36 bits per heavy atom. The summed E-state index contributed by atoms with van der Waals surface area (Å²) in [5.74, 6) is -0.330. The maximum absolute atomic E-state index is 11.9. The molecule has 6 nitrogen and oxygen atoms in total. The van der Waals surface area contributed by atoms with Crippen LogP contribution in [0.15, 0.2) is 48.6 Å². The lowest BCUT2D eigenvalue weighted by Gasteiger charge is -2.05. The average Bonchev–Trinajstić information content (AvgIpc) is 3.02. The molecule has 0 spiro atoms. The third-order valence-corrected chi connectivity index (χ3v) is 2.98. The molecule has 1 amide bonds. The van der Waals surface area contributed by atoms with Gasteiger partial charge in [0, 0.05) is 25.5 Å². The molecule has 0 unspecified atom stereocenters. The Labute approximate surface area is 128 Å². The number of imidazole rings is 1. The van der Waals surface area contributed by atoms with Gasteiger partial charge in [-0.1, -0.05) is 12.1 Å². The fraction of sp³-hybridized carbons (Fsp3) is 0.188. The van der Waals surface area contributed by atoms with E-state index in [1.165, 1.54) is 18.2 Å². The van der Waals surface area contributed by atoms with Crippen LogP contribution in [0.3, 0.4) is 0 Å². The van der Waals surface area contributed by atoms with Crippen molar-refractivity contribution in [2.24, 2.45) is 0 Å². The number of aromatic hydroxyl groups is 1. The molecule has 0 radical (unpaired) electrons. The van der Waals surface area contributed by atoms with Gasteiger partial charge in [-0.3, -0.25) is 4.79 Å². The van der Waals surface area contributed by atoms with Gasteiger partial charge in [0.25, 0.3) is 5.91 Å². The number of nitriles is 1. The molecule has 6 heteroatoms. The Morgan fingerprint density at radius 3 is 3.05 bits per heavy atom. The molecule has 1 aromatic carbocycles. The largest absolute Gasteiger partial charge is 0.508 e. The second-order valence-corrected chi connectivity index (χ2v) is 4.67. The summed E-state index contributed by atoms with van der Waals surface area (Å²) in [5.41, 5.74) is 0.610. The monoisotopic (exact) mass is 296 g/mol. The van der Waals surface area contributed by atoms with Gasteiger partial charge in [-0.15, -0.1) is 0 Å². The van der Waals surface area contributed by atoms with Crippen molar-refractivity contribution in [3.63, 3.8) is 0 Å². The summed E-state index contributed by atoms with van der Waals surface area (Å²) in [6.45, 7) is 1.22. The van der Waals surface area contributed by atoms with Crippen LogP contribution in [0, 0.1) is 11.3 Å². The zero-order chi connectivity index (χ0) is 15.8. The molecule has 2 N–H and O–H groups in total. The number of aryl methyl sites for hydroxylation is 1. The van der Waals surface area contributed by atoms with Crippen molar-refractivity contribution in [1.29, 1.82) is 5.26 Å². The average molecular weight is 296 g/mol. The molecule has 2 aromatic rings. The van der Waals surface area contributed by atoms with Gasteiger partial charge < -0.3 is 15.0 Å². The van der Waals surface area contributed by atoms with Crippen LogP contribution >= 0.6 is 0 Å². The Kier molecular flexibility index (Phi) is 5.32. The van der Waals surface area contributed by atoms with Gasteiger partial charge in [-0.2, -0.15) is 5.26 Å². The van der Waals surface area contributed by atoms with E-state index in [0.29, 0.717) is 12.1 Å². The number of benzene rings is 1. The summed E-state index contributed by atoms with van der Waals surface area (Å²) in [6.07, 6.45) is 7.46. The lowest BCUT2D eigenvalue weighted by molar-refractivity contribution is -0.117. The summed E-state index contributed by atoms with van der Waals surface area (Å²) < 4.78 is 1.92. The molecule has 0 atom stereocenters. The van der Waals surface area contributed by atoms with Gasteiger partial charge in [0.05, 0.1) is 6.33 Å². The van der Waals surface area contributed by atoms with E-state index >= 15 is 0 Å². The van der Waals surface area contributed by atoms with Crippen molar-refractivity contribution in [3.8, 4) is 11.8 Å². The molecule has 0 aliphatic rings. The number of carbonyl (C=O) groups excluding carboxylic acids is 1. The Morgan fingerprint density at radius 1 is 1.50 bits per heavy atom. The van der Waals surface area contributed by atoms with Gasteiger partial charge in [0.2, 0.25) is 0 Å². The third-order valence-electron chi connectivity index (χ3n) is 2.98. The highest BCUT2D eigenvalue weighted by molar-refractivity contribution is 6.01. The number of nitrogens with zero attached hydrogens (tertiary/aromatic N) is 3. The highest BCUT2D eigenvalue weighted by Crippen LogP contribution is 2.14. The molecular weight excluding hydrogens is 280 g/mol. The molecule has 112 valence electrons. The van der Waals surface area contributed by atoms with Crippen LogP contribution in [0.4, 0.5) is 0 Å². The zero-order valence-corrected chi connectivity index (χ0v) is 11.9. The fourth-order valence-electron chi connectivity index (χ4n) is 1.91. The van der Waals surface area contributed by atoms with E-state index in [0.717, 1.165) is 13.0 Å². The van der Waals surface area contributed by atoms with Crippen LogP contribution in [0.5, 0.6) is 5.75 Å². The van der Waals surface area contributed by atoms with Gasteiger partial charge >= 0.3 is 0 Å². The van der Waals surface area contributed by atoms with Gasteiger partial charge in [-0.05, 0) is 30.2 Å². The quantitative estimate of drug-likeness (QED) is 0.482. The summed E-state index contributed by atoms with van der Waals surface area (Å²) in [6, 6.07) is 8.26. The number of nitrogens with one attached hydrogen (secondary N) is 1. The van der Waals surface area contributed by atoms with Crippen LogP contribution in [-0.2, 0) is 11.3 Å². The molecule has 0 bridgehead atoms. The van der Waals surface area contributed by atoms with Crippen LogP contribution in [0.1, 0.15) is 12.0 Å². The number of aromatic nitrogens is 2. The normalized spacial score (nSPS) is 11.0. The Bertz CT molecular complexity index is 699. The van der Waals surface area contributed by atoms with E-state index in [-0.39, 0.29) is 11.3 Å². The highest BCUT2D eigenvalue weighted by atomic mass is 16.3. The molecule has 0 saturated carbocycles. The first-order valence-electron chi connectivity index (χ1n) is 6.84. The predicted octanol–water partition coefficient (Wildman–Crippen LogP) is 1.70. The fourth-order valence-corrected chi connectivity index (χ4v) is 1.91. The van der Waals surface area contributed by atoms with Crippen LogP contribution in [-0.4, -0.2) is 27.1 Å². The molecule has 0 aliphatic heterocycles. The molecule has 2 rings (SSSR count). The zero-order valence-electron chi connectivity index (χ0n) is 11.9. The second kappa shape index (κ2) is 7.64. The maximum atomic E-state index is 11.9. The maximum Gasteiger partial charge on any atom is 0.261 e. The molecule has 0 saturated heterocycles. The minimum absolute atomic E-state index is 0.00762. The first kappa shape index (κ1) is 15.3. The minimum atomic E-state index is -0.420. The molecule has 0 fully saturated rings. The lowest BCUT2D eigenvalue weighted by atomic mass is 10.1. The van der Waals surface area contributed by atoms with Crippen LogP contribution in [0.2, 0.25) is 0 Å². The van der Waals surface area contributed by atoms with Crippen molar-refractivity contribution < 1.29 is 9.90 Å². The van der Waals surface area contributed by atoms with Crippen molar-refractivity contribution in [1.82, 2.24) is 14.9 Å². The van der Waals surface area contributed by atoms with Crippen LogP contribution < -0.4 is 5.32 Å². The first-order chi connectivity index (χ1) is 10.7. The molecular formula is C16H16N4O2. The van der Waals surface area contributed by atoms with E-state index in [4.69, 9.17) is 5.26 Å². The van der Waals surface area contributed by atoms with Crippen molar-refractivity contribution in [2.75, 3.05) is 6.54 Å². The number of phenolic OH excluding ortho intramolecular Hbond substituents is 1. The predicted molar refractivity (Wildman–Crippen MR) is 81.6 cm³/mol. The van der Waals surface area contributed by atoms with Crippen molar-refractivity contribution in [2.45, 2.75) is 13.0 Å². The number of carbonyl (C=O) groups is 1. The van der Waals surface area contributed by atoms with Crippen molar-refractivity contribution in [3.05, 3.63) is 54.1 Å². The number of amides is 1. The van der Waals surface area contributed by atoms with Gasteiger partial charge in [-0.25, -0.2) is 4.98 Å². The second-order valence-electron chi connectivity index (χ2n) is 4.67. The number of rotatable bonds is 6. The van der Waals surface area contributed by atoms with E-state index in [9.17, 15) is 9.90 Å². The molecule has 1 heterocycles. The standard InChI is InChI=1S/C16H16N4O2/c17-11-14(9-13-3-1-4-15(21)10-13)16(22)19-5-2-7-20-8-6-18-12-20/h1,3-4,6,8-10,12,21H,2,5,7H2,(H,19,22). The van der Waals surface area contributed by atoms with Crippen LogP contribution in [0.25, 0.3) is 6.08 Å². The summed E-state index contributed by atoms with van der Waals surface area (Å²) in [7, 11) is 0. The molecule has 0 aliphatic carbocycles. The summed E-state index contributed by atoms with van der Waals surface area (Å²) >= 11 is 0. The lowest BCUT2D eigenvalue weighted by Crippen LogP contribution is -2.26. The van der Waals surface area contributed by atoms with Gasteiger partial charge in [0.15, 0.2) is 0 Å². The van der Waals surface area contributed by atoms with E-state index in [2.05, 4.69) is 10.3 Å². The SMILES string of the molecule is N#CC(=Cc1cccc(O)c1)C(=O)NCCCn1ccnc1. The smallest absolute Gasteiger partial charge is 0.261 e. The minimum Gasteiger partial charge on any atom is -0.508 e. The Hall–Kier alpha value is -3.07.